The van der Waals surface area contributed by atoms with Gasteiger partial charge in [-0.15, -0.1) is 0 Å². The molecular weight excluding hydrogens is 252 g/mol. The highest BCUT2D eigenvalue weighted by molar-refractivity contribution is 5.59. The lowest BCUT2D eigenvalue weighted by molar-refractivity contribution is 0.240. The van der Waals surface area contributed by atoms with Crippen molar-refractivity contribution in [3.8, 4) is 5.75 Å². The van der Waals surface area contributed by atoms with Gasteiger partial charge in [-0.25, -0.2) is 4.99 Å². The van der Waals surface area contributed by atoms with Gasteiger partial charge in [0.1, 0.15) is 12.1 Å². The Morgan fingerprint density at radius 1 is 1.05 bits per heavy atom. The predicted octanol–water partition coefficient (Wildman–Crippen LogP) is 4.45. The van der Waals surface area contributed by atoms with Crippen molar-refractivity contribution in [2.24, 2.45) is 4.99 Å². The van der Waals surface area contributed by atoms with Crippen LogP contribution in [-0.4, -0.2) is 18.2 Å². The fraction of sp³-hybridized carbons (Fsp3) is 0.562. The van der Waals surface area contributed by atoms with Crippen LogP contribution < -0.4 is 10.2 Å². The molecule has 1 aromatic carbocycles. The van der Waals surface area contributed by atoms with E-state index in [2.05, 4.69) is 11.9 Å². The Hall–Kier alpha value is -1.55. The molecule has 112 valence electrons. The van der Waals surface area contributed by atoms with Crippen LogP contribution in [0.5, 0.6) is 5.75 Å². The molecule has 0 aliphatic rings. The van der Waals surface area contributed by atoms with E-state index in [1.165, 1.54) is 44.9 Å². The number of benzene rings is 1. The van der Waals surface area contributed by atoms with E-state index < -0.39 is 0 Å². The maximum Gasteiger partial charge on any atom is 0.119 e. The highest BCUT2D eigenvalue weighted by atomic mass is 16.5. The summed E-state index contributed by atoms with van der Waals surface area (Å²) in [6, 6.07) is 7.50. The molecule has 0 aliphatic carbocycles. The van der Waals surface area contributed by atoms with E-state index in [1.807, 2.05) is 29.7 Å². The number of ether oxygens (including phenoxy) is 1. The SMILES string of the molecule is CCCCCCCCCOc1ccc(N=CNO)cc1. The summed E-state index contributed by atoms with van der Waals surface area (Å²) in [6.45, 7) is 3.01. The maximum absolute atomic E-state index is 8.39. The van der Waals surface area contributed by atoms with Gasteiger partial charge in [-0.1, -0.05) is 45.4 Å². The van der Waals surface area contributed by atoms with Gasteiger partial charge in [0.05, 0.1) is 12.3 Å². The molecule has 0 atom stereocenters. The number of hydrogen-bond donors (Lipinski definition) is 2. The average molecular weight is 278 g/mol. The molecule has 2 N–H and O–H groups in total. The second kappa shape index (κ2) is 11.3. The summed E-state index contributed by atoms with van der Waals surface area (Å²) in [4.78, 5) is 3.97. The van der Waals surface area contributed by atoms with Crippen LogP contribution in [0.1, 0.15) is 51.9 Å². The van der Waals surface area contributed by atoms with Gasteiger partial charge in [0.2, 0.25) is 0 Å². The zero-order chi connectivity index (χ0) is 14.5. The van der Waals surface area contributed by atoms with Crippen molar-refractivity contribution < 1.29 is 9.94 Å². The van der Waals surface area contributed by atoms with Gasteiger partial charge in [-0.2, -0.15) is 0 Å². The minimum Gasteiger partial charge on any atom is -0.494 e. The quantitative estimate of drug-likeness (QED) is 0.272. The topological polar surface area (TPSA) is 53.8 Å². The first kappa shape index (κ1) is 16.5. The molecule has 4 heteroatoms. The van der Waals surface area contributed by atoms with Crippen molar-refractivity contribution in [2.75, 3.05) is 6.61 Å². The minimum atomic E-state index is 0.772. The third-order valence-corrected chi connectivity index (χ3v) is 3.12. The molecule has 0 amide bonds. The Bertz CT molecular complexity index is 363. The molecule has 0 saturated heterocycles. The lowest BCUT2D eigenvalue weighted by Crippen LogP contribution is -2.00. The molecule has 1 aromatic rings. The van der Waals surface area contributed by atoms with E-state index in [4.69, 9.17) is 9.94 Å². The fourth-order valence-corrected chi connectivity index (χ4v) is 1.98. The van der Waals surface area contributed by atoms with Crippen molar-refractivity contribution in [1.82, 2.24) is 5.48 Å². The van der Waals surface area contributed by atoms with Gasteiger partial charge in [0.25, 0.3) is 0 Å². The number of hydroxylamine groups is 1. The average Bonchev–Trinajstić information content (AvgIpc) is 2.49. The molecule has 4 nitrogen and oxygen atoms in total. The Balaban J connectivity index is 2.08. The molecule has 0 radical (unpaired) electrons. The van der Waals surface area contributed by atoms with E-state index in [0.29, 0.717) is 0 Å². The normalized spacial score (nSPS) is 10.9. The Morgan fingerprint density at radius 3 is 2.35 bits per heavy atom. The van der Waals surface area contributed by atoms with Gasteiger partial charge in [0.15, 0.2) is 0 Å². The molecule has 0 heterocycles. The number of rotatable bonds is 11. The molecule has 0 unspecified atom stereocenters. The Morgan fingerprint density at radius 2 is 1.70 bits per heavy atom. The lowest BCUT2D eigenvalue weighted by atomic mass is 10.1. The van der Waals surface area contributed by atoms with E-state index in [-0.39, 0.29) is 0 Å². The maximum atomic E-state index is 8.39. The molecule has 0 spiro atoms. The van der Waals surface area contributed by atoms with Crippen LogP contribution >= 0.6 is 0 Å². The zero-order valence-corrected chi connectivity index (χ0v) is 12.3. The second-order valence-electron chi connectivity index (χ2n) is 4.85. The van der Waals surface area contributed by atoms with Gasteiger partial charge in [0, 0.05) is 0 Å². The molecule has 0 saturated carbocycles. The van der Waals surface area contributed by atoms with Crippen LogP contribution in [0.15, 0.2) is 29.3 Å². The summed E-state index contributed by atoms with van der Waals surface area (Å²) in [5.74, 6) is 0.867. The molecular formula is C16H26N2O2. The predicted molar refractivity (Wildman–Crippen MR) is 83.0 cm³/mol. The standard InChI is InChI=1S/C16H26N2O2/c1-2-3-4-5-6-7-8-13-20-16-11-9-15(10-12-16)17-14-18-19/h9-12,14,19H,2-8,13H2,1H3,(H,17,18). The van der Waals surface area contributed by atoms with Crippen molar-refractivity contribution in [1.29, 1.82) is 0 Å². The van der Waals surface area contributed by atoms with Crippen LogP contribution in [0.2, 0.25) is 0 Å². The third kappa shape index (κ3) is 7.79. The Kier molecular flexibility index (Phi) is 9.32. The highest BCUT2D eigenvalue weighted by Crippen LogP contribution is 2.18. The number of aliphatic imine (C=N–C) groups is 1. The molecule has 0 aliphatic heterocycles. The van der Waals surface area contributed by atoms with Gasteiger partial charge >= 0.3 is 0 Å². The first-order chi connectivity index (χ1) is 9.86. The third-order valence-electron chi connectivity index (χ3n) is 3.12. The monoisotopic (exact) mass is 278 g/mol. The van der Waals surface area contributed by atoms with E-state index in [1.54, 1.807) is 0 Å². The molecule has 0 bridgehead atoms. The van der Waals surface area contributed by atoms with Crippen molar-refractivity contribution in [2.45, 2.75) is 51.9 Å². The summed E-state index contributed by atoms with van der Waals surface area (Å²) in [6.07, 6.45) is 10.3. The van der Waals surface area contributed by atoms with E-state index in [9.17, 15) is 0 Å². The van der Waals surface area contributed by atoms with Crippen molar-refractivity contribution in [3.05, 3.63) is 24.3 Å². The molecule has 20 heavy (non-hydrogen) atoms. The smallest absolute Gasteiger partial charge is 0.119 e. The summed E-state index contributed by atoms with van der Waals surface area (Å²) < 4.78 is 5.68. The number of nitrogens with zero attached hydrogens (tertiary/aromatic N) is 1. The van der Waals surface area contributed by atoms with Gasteiger partial charge < -0.3 is 4.74 Å². The summed E-state index contributed by atoms with van der Waals surface area (Å²) in [5, 5.41) is 8.39. The minimum absolute atomic E-state index is 0.772. The van der Waals surface area contributed by atoms with Crippen LogP contribution in [0, 0.1) is 0 Å². The summed E-state index contributed by atoms with van der Waals surface area (Å²) >= 11 is 0. The van der Waals surface area contributed by atoms with Crippen LogP contribution in [0.3, 0.4) is 0 Å². The van der Waals surface area contributed by atoms with Crippen LogP contribution in [0.25, 0.3) is 0 Å². The summed E-state index contributed by atoms with van der Waals surface area (Å²) in [5.41, 5.74) is 2.65. The van der Waals surface area contributed by atoms with Crippen molar-refractivity contribution >= 4 is 12.0 Å². The largest absolute Gasteiger partial charge is 0.494 e. The fourth-order valence-electron chi connectivity index (χ4n) is 1.98. The van der Waals surface area contributed by atoms with Crippen LogP contribution in [-0.2, 0) is 0 Å². The number of hydrogen-bond acceptors (Lipinski definition) is 3. The molecule has 1 rings (SSSR count). The van der Waals surface area contributed by atoms with Gasteiger partial charge in [-0.05, 0) is 30.7 Å². The van der Waals surface area contributed by atoms with Crippen molar-refractivity contribution in [3.63, 3.8) is 0 Å². The van der Waals surface area contributed by atoms with Crippen LogP contribution in [0.4, 0.5) is 5.69 Å². The zero-order valence-electron chi connectivity index (χ0n) is 12.3. The number of unbranched alkanes of at least 4 members (excludes halogenated alkanes) is 6. The lowest BCUT2D eigenvalue weighted by Gasteiger charge is -2.06. The van der Waals surface area contributed by atoms with Gasteiger partial charge in [-0.3, -0.25) is 10.7 Å². The van der Waals surface area contributed by atoms with E-state index in [0.717, 1.165) is 24.5 Å². The van der Waals surface area contributed by atoms with E-state index >= 15 is 0 Å². The Labute approximate surface area is 121 Å². The molecule has 0 fully saturated rings. The first-order valence-corrected chi connectivity index (χ1v) is 7.52. The second-order valence-corrected chi connectivity index (χ2v) is 4.85. The molecule has 0 aromatic heterocycles. The highest BCUT2D eigenvalue weighted by Gasteiger charge is 1.95. The summed E-state index contributed by atoms with van der Waals surface area (Å²) in [7, 11) is 0. The number of nitrogens with one attached hydrogen (secondary N) is 1. The first-order valence-electron chi connectivity index (χ1n) is 7.52.